The van der Waals surface area contributed by atoms with Crippen LogP contribution in [0.25, 0.3) is 11.3 Å². The van der Waals surface area contributed by atoms with E-state index >= 15 is 0 Å². The minimum atomic E-state index is -0.141. The summed E-state index contributed by atoms with van der Waals surface area (Å²) in [5.41, 5.74) is 3.36. The summed E-state index contributed by atoms with van der Waals surface area (Å²) in [6.45, 7) is 0.443. The molecule has 6 heteroatoms. The number of methoxy groups -OCH3 is 1. The van der Waals surface area contributed by atoms with Gasteiger partial charge in [-0.05, 0) is 92.2 Å². The van der Waals surface area contributed by atoms with Gasteiger partial charge in [0.05, 0.1) is 18.4 Å². The van der Waals surface area contributed by atoms with E-state index in [1.54, 1.807) is 13.3 Å². The zero-order valence-corrected chi connectivity index (χ0v) is 20.9. The highest BCUT2D eigenvalue weighted by atomic mass is 16.5. The van der Waals surface area contributed by atoms with Crippen molar-refractivity contribution in [3.63, 3.8) is 0 Å². The Morgan fingerprint density at radius 3 is 2.67 bits per heavy atom. The molecule has 2 bridgehead atoms. The van der Waals surface area contributed by atoms with Crippen LogP contribution in [0.15, 0.2) is 66.9 Å². The number of nitrogens with one attached hydrogen (secondary N) is 1. The third-order valence-electron chi connectivity index (χ3n) is 8.25. The first-order valence-electron chi connectivity index (χ1n) is 12.9. The first-order valence-corrected chi connectivity index (χ1v) is 12.9. The zero-order chi connectivity index (χ0) is 24.6. The summed E-state index contributed by atoms with van der Waals surface area (Å²) in [6.07, 6.45) is 6.87. The summed E-state index contributed by atoms with van der Waals surface area (Å²) >= 11 is 0. The fraction of sp³-hybridized carbons (Fsp3) is 0.400. The lowest BCUT2D eigenvalue weighted by Gasteiger charge is -2.46. The largest absolute Gasteiger partial charge is 0.497 e. The highest BCUT2D eigenvalue weighted by Gasteiger charge is 2.54. The molecular formula is C30H33N3O3. The quantitative estimate of drug-likeness (QED) is 0.516. The van der Waals surface area contributed by atoms with Gasteiger partial charge in [-0.1, -0.05) is 12.1 Å². The van der Waals surface area contributed by atoms with Gasteiger partial charge in [0.2, 0.25) is 0 Å². The maximum absolute atomic E-state index is 12.7. The van der Waals surface area contributed by atoms with Crippen molar-refractivity contribution in [2.75, 3.05) is 14.2 Å². The second-order valence-electron chi connectivity index (χ2n) is 10.5. The van der Waals surface area contributed by atoms with Crippen molar-refractivity contribution >= 4 is 5.91 Å². The summed E-state index contributed by atoms with van der Waals surface area (Å²) in [7, 11) is 3.94. The molecule has 3 aliphatic rings. The molecule has 2 unspecified atom stereocenters. The SMILES string of the molecule is COc1ccc(-c2ccc(C(=O)NCc3cccc(O[C@H]4C[C@H]5CC6CC6[C@@H](C4)N5C)c3)cn2)cc1. The number of carbonyl (C=O) groups is 1. The molecule has 5 atom stereocenters. The maximum atomic E-state index is 12.7. The summed E-state index contributed by atoms with van der Waals surface area (Å²) in [6, 6.07) is 20.8. The Kier molecular flexibility index (Phi) is 6.13. The molecule has 3 aromatic rings. The third-order valence-corrected chi connectivity index (χ3v) is 8.25. The molecule has 1 saturated carbocycles. The zero-order valence-electron chi connectivity index (χ0n) is 20.9. The Labute approximate surface area is 212 Å². The van der Waals surface area contributed by atoms with E-state index in [9.17, 15) is 4.79 Å². The minimum absolute atomic E-state index is 0.141. The Morgan fingerprint density at radius 2 is 1.89 bits per heavy atom. The molecule has 2 saturated heterocycles. The molecular weight excluding hydrogens is 450 g/mol. The van der Waals surface area contributed by atoms with Crippen LogP contribution in [0.2, 0.25) is 0 Å². The van der Waals surface area contributed by atoms with Gasteiger partial charge in [0.1, 0.15) is 17.6 Å². The predicted octanol–water partition coefficient (Wildman–Crippen LogP) is 4.94. The van der Waals surface area contributed by atoms with Crippen LogP contribution in [-0.2, 0) is 6.54 Å². The number of piperidine rings is 2. The van der Waals surface area contributed by atoms with Crippen molar-refractivity contribution in [2.24, 2.45) is 11.8 Å². The second kappa shape index (κ2) is 9.58. The van der Waals surface area contributed by atoms with Crippen molar-refractivity contribution in [3.05, 3.63) is 78.0 Å². The van der Waals surface area contributed by atoms with Crippen LogP contribution in [-0.4, -0.2) is 48.1 Å². The van der Waals surface area contributed by atoms with Gasteiger partial charge in [0.25, 0.3) is 5.91 Å². The molecule has 186 valence electrons. The standard InChI is InChI=1S/C30H33N3O3/c1-33-23-13-22-14-27(22)29(33)16-26(15-23)36-25-5-3-4-19(12-25)17-32-30(34)21-8-11-28(31-18-21)20-6-9-24(35-2)10-7-20/h3-12,18,22-23,26-27,29H,13-17H2,1-2H3,(H,32,34)/t22?,23-,26+,27?,29-/m1/s1. The Hall–Kier alpha value is -3.38. The Bertz CT molecular complexity index is 1230. The van der Waals surface area contributed by atoms with Gasteiger partial charge in [0.15, 0.2) is 0 Å². The smallest absolute Gasteiger partial charge is 0.253 e. The molecule has 6 rings (SSSR count). The monoisotopic (exact) mass is 483 g/mol. The van der Waals surface area contributed by atoms with E-state index in [4.69, 9.17) is 9.47 Å². The molecule has 1 N–H and O–H groups in total. The maximum Gasteiger partial charge on any atom is 0.253 e. The number of aromatic nitrogens is 1. The molecule has 3 heterocycles. The number of ether oxygens (including phenoxy) is 2. The summed E-state index contributed by atoms with van der Waals surface area (Å²) in [5.74, 6) is 3.41. The fourth-order valence-corrected chi connectivity index (χ4v) is 6.14. The van der Waals surface area contributed by atoms with Gasteiger partial charge in [-0.2, -0.15) is 0 Å². The number of hydrogen-bond acceptors (Lipinski definition) is 5. The van der Waals surface area contributed by atoms with Crippen LogP contribution in [0.4, 0.5) is 0 Å². The van der Waals surface area contributed by atoms with Crippen LogP contribution in [0.5, 0.6) is 11.5 Å². The summed E-state index contributed by atoms with van der Waals surface area (Å²) in [5, 5.41) is 3.01. The van der Waals surface area contributed by atoms with Crippen LogP contribution in [0.1, 0.15) is 41.6 Å². The molecule has 0 radical (unpaired) electrons. The van der Waals surface area contributed by atoms with E-state index < -0.39 is 0 Å². The van der Waals surface area contributed by atoms with E-state index in [2.05, 4.69) is 28.3 Å². The van der Waals surface area contributed by atoms with E-state index in [1.807, 2.05) is 54.6 Å². The number of hydrogen-bond donors (Lipinski definition) is 1. The number of nitrogens with zero attached hydrogens (tertiary/aromatic N) is 2. The second-order valence-corrected chi connectivity index (χ2v) is 10.5. The minimum Gasteiger partial charge on any atom is -0.497 e. The highest BCUT2D eigenvalue weighted by molar-refractivity contribution is 5.94. The first-order chi connectivity index (χ1) is 17.6. The number of benzene rings is 2. The highest BCUT2D eigenvalue weighted by Crippen LogP contribution is 2.54. The third kappa shape index (κ3) is 4.70. The van der Waals surface area contributed by atoms with Crippen molar-refractivity contribution in [3.8, 4) is 22.8 Å². The molecule has 36 heavy (non-hydrogen) atoms. The lowest BCUT2D eigenvalue weighted by molar-refractivity contribution is -0.00568. The van der Waals surface area contributed by atoms with Gasteiger partial charge in [0, 0.05) is 36.8 Å². The van der Waals surface area contributed by atoms with E-state index in [0.717, 1.165) is 53.0 Å². The van der Waals surface area contributed by atoms with Gasteiger partial charge >= 0.3 is 0 Å². The Balaban J connectivity index is 1.04. The molecule has 2 aliphatic heterocycles. The number of rotatable bonds is 7. The van der Waals surface area contributed by atoms with Crippen molar-refractivity contribution in [1.82, 2.24) is 15.2 Å². The van der Waals surface area contributed by atoms with E-state index in [0.29, 0.717) is 24.2 Å². The number of fused-ring (bicyclic) bond motifs is 4. The van der Waals surface area contributed by atoms with Gasteiger partial charge < -0.3 is 14.8 Å². The average Bonchev–Trinajstić information content (AvgIpc) is 3.67. The van der Waals surface area contributed by atoms with Crippen molar-refractivity contribution in [2.45, 2.75) is 50.4 Å². The lowest BCUT2D eigenvalue weighted by atomic mass is 9.83. The molecule has 0 spiro atoms. The summed E-state index contributed by atoms with van der Waals surface area (Å²) in [4.78, 5) is 19.8. The molecule has 1 aromatic heterocycles. The lowest BCUT2D eigenvalue weighted by Crippen LogP contribution is -2.53. The fourth-order valence-electron chi connectivity index (χ4n) is 6.14. The Morgan fingerprint density at radius 1 is 1.03 bits per heavy atom. The van der Waals surface area contributed by atoms with E-state index in [1.165, 1.54) is 12.8 Å². The van der Waals surface area contributed by atoms with Crippen LogP contribution >= 0.6 is 0 Å². The van der Waals surface area contributed by atoms with E-state index in [-0.39, 0.29) is 12.0 Å². The average molecular weight is 484 g/mol. The number of pyridine rings is 1. The first kappa shape index (κ1) is 23.0. The molecule has 3 fully saturated rings. The topological polar surface area (TPSA) is 63.7 Å². The van der Waals surface area contributed by atoms with Crippen LogP contribution < -0.4 is 14.8 Å². The normalized spacial score (nSPS) is 26.6. The number of carbonyl (C=O) groups excluding carboxylic acids is 1. The molecule has 2 aromatic carbocycles. The molecule has 1 amide bonds. The van der Waals surface area contributed by atoms with Crippen LogP contribution in [0.3, 0.4) is 0 Å². The molecule has 1 aliphatic carbocycles. The molecule has 6 nitrogen and oxygen atoms in total. The van der Waals surface area contributed by atoms with Gasteiger partial charge in [-0.25, -0.2) is 0 Å². The van der Waals surface area contributed by atoms with Crippen LogP contribution in [0, 0.1) is 11.8 Å². The van der Waals surface area contributed by atoms with Gasteiger partial charge in [-0.3, -0.25) is 14.7 Å². The summed E-state index contributed by atoms with van der Waals surface area (Å²) < 4.78 is 11.7. The van der Waals surface area contributed by atoms with Gasteiger partial charge in [-0.15, -0.1) is 0 Å². The number of amides is 1. The van der Waals surface area contributed by atoms with Crippen molar-refractivity contribution in [1.29, 1.82) is 0 Å². The predicted molar refractivity (Wildman–Crippen MR) is 139 cm³/mol. The van der Waals surface area contributed by atoms with Crippen molar-refractivity contribution < 1.29 is 14.3 Å².